The number of nitrogens with zero attached hydrogens (tertiary/aromatic N) is 5. The Labute approximate surface area is 270 Å². The predicted octanol–water partition coefficient (Wildman–Crippen LogP) is 7.32. The molecule has 0 aliphatic heterocycles. The lowest BCUT2D eigenvalue weighted by molar-refractivity contribution is 0.0409. The van der Waals surface area contributed by atoms with Crippen LogP contribution in [0.5, 0.6) is 11.5 Å². The molecule has 5 aromatic carbocycles. The van der Waals surface area contributed by atoms with Crippen LogP contribution in [0.15, 0.2) is 132 Å². The van der Waals surface area contributed by atoms with Gasteiger partial charge in [-0.2, -0.15) is 0 Å². The topological polar surface area (TPSA) is 114 Å². The lowest BCUT2D eigenvalue weighted by atomic mass is 10.0. The molecular weight excluding hydrogens is 594 g/mol. The third kappa shape index (κ3) is 7.02. The number of unbranched alkanes of at least 4 members (excludes halogenated alkanes) is 1. The Balaban J connectivity index is 0.911. The van der Waals surface area contributed by atoms with Gasteiger partial charge in [0.15, 0.2) is 0 Å². The van der Waals surface area contributed by atoms with E-state index in [9.17, 15) is 4.79 Å². The van der Waals surface area contributed by atoms with E-state index in [1.165, 1.54) is 0 Å². The molecule has 0 N–H and O–H groups in total. The molecule has 0 saturated heterocycles. The number of carbonyl (C=O) groups excluding carboxylic acids is 1. The van der Waals surface area contributed by atoms with Crippen molar-refractivity contribution in [2.24, 2.45) is 0 Å². The summed E-state index contributed by atoms with van der Waals surface area (Å²) < 4.78 is 17.6. The highest BCUT2D eigenvalue weighted by atomic mass is 16.7. The van der Waals surface area contributed by atoms with E-state index in [-0.39, 0.29) is 0 Å². The second kappa shape index (κ2) is 13.8. The maximum absolute atomic E-state index is 12.7. The number of ether oxygens (including phenoxy) is 2. The number of rotatable bonds is 12. The van der Waals surface area contributed by atoms with Crippen molar-refractivity contribution in [1.82, 2.24) is 25.4 Å². The number of aromatic nitrogens is 5. The average Bonchev–Trinajstić information content (AvgIpc) is 3.79. The fourth-order valence-corrected chi connectivity index (χ4v) is 4.90. The molecule has 0 radical (unpaired) electrons. The summed E-state index contributed by atoms with van der Waals surface area (Å²) >= 11 is 0. The van der Waals surface area contributed by atoms with E-state index < -0.39 is 5.97 Å². The second-order valence-corrected chi connectivity index (χ2v) is 10.6. The van der Waals surface area contributed by atoms with Crippen LogP contribution < -0.4 is 14.3 Å². The number of para-hydroxylation sites is 2. The van der Waals surface area contributed by atoms with Crippen LogP contribution in [-0.4, -0.2) is 44.5 Å². The van der Waals surface area contributed by atoms with Gasteiger partial charge in [-0.1, -0.05) is 59.4 Å². The van der Waals surface area contributed by atoms with Crippen LogP contribution in [0.1, 0.15) is 23.2 Å². The van der Waals surface area contributed by atoms with Gasteiger partial charge in [-0.3, -0.25) is 0 Å². The van der Waals surface area contributed by atoms with Gasteiger partial charge in [0.05, 0.1) is 18.8 Å². The largest absolute Gasteiger partial charge is 0.494 e. The molecular formula is C37H29N5O5. The predicted molar refractivity (Wildman–Crippen MR) is 176 cm³/mol. The minimum Gasteiger partial charge on any atom is -0.494 e. The van der Waals surface area contributed by atoms with Crippen LogP contribution in [0.2, 0.25) is 0 Å². The minimum atomic E-state index is -0.568. The Morgan fingerprint density at radius 2 is 1.11 bits per heavy atom. The Morgan fingerprint density at radius 3 is 1.77 bits per heavy atom. The monoisotopic (exact) mass is 623 g/mol. The summed E-state index contributed by atoms with van der Waals surface area (Å²) in [4.78, 5) is 19.2. The van der Waals surface area contributed by atoms with Crippen LogP contribution >= 0.6 is 0 Å². The molecule has 0 fully saturated rings. The molecule has 7 aromatic rings. The lowest BCUT2D eigenvalue weighted by Crippen LogP contribution is -2.20. The summed E-state index contributed by atoms with van der Waals surface area (Å²) in [6, 6.07) is 39.7. The van der Waals surface area contributed by atoms with Gasteiger partial charge in [0.1, 0.15) is 22.5 Å². The first-order chi connectivity index (χ1) is 23.2. The van der Waals surface area contributed by atoms with E-state index in [0.717, 1.165) is 45.9 Å². The molecule has 0 amide bonds. The summed E-state index contributed by atoms with van der Waals surface area (Å²) in [5.41, 5.74) is 5.16. The van der Waals surface area contributed by atoms with Crippen LogP contribution in [0.4, 0.5) is 0 Å². The Hall–Kier alpha value is -6.29. The van der Waals surface area contributed by atoms with E-state index in [1.807, 2.05) is 91.0 Å². The van der Waals surface area contributed by atoms with E-state index in [2.05, 4.69) is 20.5 Å². The number of carbonyl (C=O) groups is 1. The van der Waals surface area contributed by atoms with Crippen LogP contribution in [0.3, 0.4) is 0 Å². The van der Waals surface area contributed by atoms with Gasteiger partial charge in [0, 0.05) is 11.1 Å². The molecule has 232 valence electrons. The molecule has 0 atom stereocenters. The third-order valence-electron chi connectivity index (χ3n) is 7.42. The van der Waals surface area contributed by atoms with Crippen molar-refractivity contribution in [2.45, 2.75) is 12.8 Å². The third-order valence-corrected chi connectivity index (χ3v) is 7.42. The number of fused-ring (bicyclic) bond motifs is 1. The van der Waals surface area contributed by atoms with Gasteiger partial charge in [0.2, 0.25) is 11.8 Å². The molecule has 47 heavy (non-hydrogen) atoms. The number of hydrogen-bond donors (Lipinski definition) is 0. The summed E-state index contributed by atoms with van der Waals surface area (Å²) in [7, 11) is 0. The van der Waals surface area contributed by atoms with Gasteiger partial charge >= 0.3 is 5.97 Å². The zero-order valence-electron chi connectivity index (χ0n) is 25.2. The van der Waals surface area contributed by atoms with Crippen molar-refractivity contribution in [3.63, 3.8) is 0 Å². The maximum atomic E-state index is 12.7. The molecule has 2 heterocycles. The zero-order valence-corrected chi connectivity index (χ0v) is 25.2. The van der Waals surface area contributed by atoms with Gasteiger partial charge in [-0.05, 0) is 102 Å². The van der Waals surface area contributed by atoms with Gasteiger partial charge in [-0.25, -0.2) is 4.79 Å². The van der Waals surface area contributed by atoms with Gasteiger partial charge in [-0.15, -0.1) is 15.3 Å². The fourth-order valence-electron chi connectivity index (χ4n) is 4.90. The van der Waals surface area contributed by atoms with Gasteiger partial charge in [0.25, 0.3) is 0 Å². The van der Waals surface area contributed by atoms with Crippen molar-refractivity contribution >= 4 is 17.0 Å². The SMILES string of the molecule is O=C(On1nnc2ccccc21)c1ccc(-c2nnc(-c3ccc(-c4ccc(OCCCCOc5ccccc5)cc4)cc3)o2)cc1. The summed E-state index contributed by atoms with van der Waals surface area (Å²) in [6.45, 7) is 1.31. The van der Waals surface area contributed by atoms with E-state index in [1.54, 1.807) is 36.4 Å². The highest BCUT2D eigenvalue weighted by molar-refractivity contribution is 5.90. The Kier molecular flexibility index (Phi) is 8.63. The first kappa shape index (κ1) is 29.4. The second-order valence-electron chi connectivity index (χ2n) is 10.6. The van der Waals surface area contributed by atoms with Crippen LogP contribution in [0, 0.1) is 0 Å². The quantitative estimate of drug-likeness (QED) is 0.102. The summed E-state index contributed by atoms with van der Waals surface area (Å²) in [5, 5.41) is 16.3. The first-order valence-electron chi connectivity index (χ1n) is 15.2. The van der Waals surface area contributed by atoms with Gasteiger partial charge < -0.3 is 18.7 Å². The van der Waals surface area contributed by atoms with E-state index in [0.29, 0.717) is 47.2 Å². The molecule has 10 heteroatoms. The molecule has 10 nitrogen and oxygen atoms in total. The number of benzene rings is 5. The van der Waals surface area contributed by atoms with Crippen molar-refractivity contribution < 1.29 is 23.5 Å². The van der Waals surface area contributed by atoms with E-state index >= 15 is 0 Å². The van der Waals surface area contributed by atoms with Crippen LogP contribution in [-0.2, 0) is 0 Å². The molecule has 0 aliphatic carbocycles. The molecule has 0 bridgehead atoms. The Bertz CT molecular complexity index is 2070. The van der Waals surface area contributed by atoms with Crippen LogP contribution in [0.25, 0.3) is 45.1 Å². The maximum Gasteiger partial charge on any atom is 0.365 e. The van der Waals surface area contributed by atoms with Crippen molar-refractivity contribution in [2.75, 3.05) is 13.2 Å². The smallest absolute Gasteiger partial charge is 0.365 e. The Morgan fingerprint density at radius 1 is 0.574 bits per heavy atom. The fraction of sp³-hybridized carbons (Fsp3) is 0.108. The molecule has 0 unspecified atom stereocenters. The average molecular weight is 624 g/mol. The van der Waals surface area contributed by atoms with E-state index in [4.69, 9.17) is 18.7 Å². The van der Waals surface area contributed by atoms with Crippen molar-refractivity contribution in [1.29, 1.82) is 0 Å². The summed E-state index contributed by atoms with van der Waals surface area (Å²) in [5.74, 6) is 1.89. The molecule has 7 rings (SSSR count). The normalized spacial score (nSPS) is 11.0. The molecule has 0 spiro atoms. The molecule has 0 aliphatic rings. The number of hydrogen-bond acceptors (Lipinski definition) is 9. The summed E-state index contributed by atoms with van der Waals surface area (Å²) in [6.07, 6.45) is 1.84. The lowest BCUT2D eigenvalue weighted by Gasteiger charge is -2.09. The minimum absolute atomic E-state index is 0.338. The molecule has 2 aromatic heterocycles. The molecule has 0 saturated carbocycles. The standard InChI is InChI=1S/C37H29N5O5/c43-37(47-42-34-11-5-4-10-33(34)38-41-42)30-18-16-29(17-19-30)36-40-39-35(46-36)28-14-12-26(13-15-28)27-20-22-32(23-21-27)45-25-7-6-24-44-31-8-2-1-3-9-31/h1-5,8-23H,6-7,24-25H2. The first-order valence-corrected chi connectivity index (χ1v) is 15.2. The van der Waals surface area contributed by atoms with Crippen molar-refractivity contribution in [3.8, 4) is 45.5 Å². The zero-order chi connectivity index (χ0) is 31.8. The highest BCUT2D eigenvalue weighted by Gasteiger charge is 2.15. The van der Waals surface area contributed by atoms with Crippen molar-refractivity contribution in [3.05, 3.63) is 133 Å². The highest BCUT2D eigenvalue weighted by Crippen LogP contribution is 2.28.